The summed E-state index contributed by atoms with van der Waals surface area (Å²) in [4.78, 5) is 0. The van der Waals surface area contributed by atoms with Gasteiger partial charge < -0.3 is 11.0 Å². The van der Waals surface area contributed by atoms with Crippen LogP contribution in [0.4, 0.5) is 0 Å². The first-order valence-electron chi connectivity index (χ1n) is 0. The number of hydrogen-bond donors (Lipinski definition) is 0. The molecule has 0 aliphatic carbocycles. The summed E-state index contributed by atoms with van der Waals surface area (Å²) in [6.45, 7) is 0. The average Bonchev–Trinajstić information content (AvgIpc) is 0. The van der Waals surface area contributed by atoms with Crippen molar-refractivity contribution in [2.75, 3.05) is 0 Å². The Morgan fingerprint density at radius 1 is 0.556 bits per heavy atom. The van der Waals surface area contributed by atoms with E-state index in [1.54, 1.807) is 0 Å². The Hall–Kier alpha value is 0.959. The molecule has 0 fully saturated rings. The Kier molecular flexibility index (Phi) is 59600. The molecule has 4 N–H and O–H groups in total. The summed E-state index contributed by atoms with van der Waals surface area (Å²) < 4.78 is 0. The fourth-order valence-electron chi connectivity index (χ4n) is 0. The van der Waals surface area contributed by atoms with Gasteiger partial charge in [-0.25, -0.2) is 0 Å². The van der Waals surface area contributed by atoms with Gasteiger partial charge in [-0.1, -0.05) is 37.1 Å². The van der Waals surface area contributed by atoms with Crippen LogP contribution in [-0.4, -0.2) is 11.0 Å². The maximum atomic E-state index is 0. The molecular weight excluding hydrogens is 204 g/mol. The molecule has 0 aliphatic rings. The van der Waals surface area contributed by atoms with Crippen molar-refractivity contribution in [2.24, 2.45) is 0 Å². The van der Waals surface area contributed by atoms with E-state index < -0.39 is 0 Å². The van der Waals surface area contributed by atoms with Gasteiger partial charge in [-0.15, -0.1) is 0 Å². The molecule has 0 amide bonds. The van der Waals surface area contributed by atoms with Crippen molar-refractivity contribution in [3.63, 3.8) is 0 Å². The first-order valence-corrected chi connectivity index (χ1v) is 0. The minimum atomic E-state index is 0. The molecule has 0 aromatic rings. The van der Waals surface area contributed by atoms with Gasteiger partial charge in [0.25, 0.3) is 0 Å². The van der Waals surface area contributed by atoms with Crippen molar-refractivity contribution < 1.29 is 46.5 Å². The van der Waals surface area contributed by atoms with Crippen LogP contribution in [0.5, 0.6) is 0 Å². The van der Waals surface area contributed by atoms with Gasteiger partial charge in [0, 0.05) is 1.43 Å². The molecule has 0 saturated heterocycles. The summed E-state index contributed by atoms with van der Waals surface area (Å²) in [5, 5.41) is 0. The zero-order valence-electron chi connectivity index (χ0n) is 1.71. The van der Waals surface area contributed by atoms with E-state index in [-0.39, 0.29) is 83.6 Å². The first-order chi connectivity index (χ1) is 0. The zero-order valence-corrected chi connectivity index (χ0v) is 3.92. The van der Waals surface area contributed by atoms with Crippen LogP contribution in [0.25, 0.3) is 0 Å². The molecule has 69 valence electrons. The molecule has 0 rings (SSSR count). The minimum absolute atomic E-state index is 0. The van der Waals surface area contributed by atoms with E-state index in [1.807, 2.05) is 0 Å². The molecule has 2 nitrogen and oxygen atoms in total. The van der Waals surface area contributed by atoms with Gasteiger partial charge in [0.1, 0.15) is 0 Å². The molecule has 0 aromatic carbocycles. The van der Waals surface area contributed by atoms with E-state index in [0.717, 1.165) is 0 Å². The Morgan fingerprint density at radius 3 is 0.556 bits per heavy atom. The quantitative estimate of drug-likeness (QED) is 0.569. The molecule has 0 spiro atoms. The molecule has 0 bridgehead atoms. The van der Waals surface area contributed by atoms with Crippen LogP contribution in [0.2, 0.25) is 0 Å². The van der Waals surface area contributed by atoms with Gasteiger partial charge in [-0.3, -0.25) is 0 Å². The van der Waals surface area contributed by atoms with E-state index in [1.165, 1.54) is 0 Å². The van der Waals surface area contributed by atoms with Gasteiger partial charge in [-0.2, -0.15) is 0 Å². The standard InChI is InChI=1S/5CH4.2Fe.2H2O.H2/h5*1H4;;;2*1H2;1H/q;;;;;+2;+3;;;. The number of hydrogen-bond acceptors (Lipinski definition) is 0. The Morgan fingerprint density at radius 2 is 0.556 bits per heavy atom. The van der Waals surface area contributed by atoms with Crippen LogP contribution in [0.15, 0.2) is 0 Å². The molecule has 1 radical (unpaired) electrons. The fourth-order valence-corrected chi connectivity index (χ4v) is 0. The summed E-state index contributed by atoms with van der Waals surface area (Å²) in [6, 6.07) is 0. The monoisotopic (exact) mass is 230 g/mol. The van der Waals surface area contributed by atoms with Crippen LogP contribution in [0, 0.1) is 0 Å². The van der Waals surface area contributed by atoms with Crippen molar-refractivity contribution in [3.8, 4) is 0 Å². The molecular formula is C5H26Fe2O2+5. The second-order valence-electron chi connectivity index (χ2n) is 0. The summed E-state index contributed by atoms with van der Waals surface area (Å²) in [6.07, 6.45) is 0. The largest absolute Gasteiger partial charge is 3.00 e. The molecule has 0 atom stereocenters. The summed E-state index contributed by atoms with van der Waals surface area (Å²) in [5.74, 6) is 0. The predicted octanol–water partition coefficient (Wildman–Crippen LogP) is 1.77. The first kappa shape index (κ1) is 869. The SMILES string of the molecule is C.C.C.C.C.O.O.[Fe+2].[Fe+3].[HH]. The predicted molar refractivity (Wildman–Crippen MR) is 43.0 cm³/mol. The minimum Gasteiger partial charge on any atom is -0.412 e. The van der Waals surface area contributed by atoms with Gasteiger partial charge in [-0.05, 0) is 0 Å². The average molecular weight is 230 g/mol. The van der Waals surface area contributed by atoms with Crippen LogP contribution < -0.4 is 0 Å². The molecule has 0 unspecified atom stereocenters. The van der Waals surface area contributed by atoms with Crippen molar-refractivity contribution in [3.05, 3.63) is 0 Å². The molecule has 4 heteroatoms. The summed E-state index contributed by atoms with van der Waals surface area (Å²) in [7, 11) is 0. The van der Waals surface area contributed by atoms with Crippen molar-refractivity contribution in [1.82, 2.24) is 0 Å². The van der Waals surface area contributed by atoms with Crippen molar-refractivity contribution in [2.45, 2.75) is 37.1 Å². The smallest absolute Gasteiger partial charge is 0.412 e. The van der Waals surface area contributed by atoms with E-state index in [0.29, 0.717) is 0 Å². The van der Waals surface area contributed by atoms with Crippen molar-refractivity contribution in [1.29, 1.82) is 0 Å². The van der Waals surface area contributed by atoms with Crippen LogP contribution in [-0.2, 0) is 34.1 Å². The van der Waals surface area contributed by atoms with Crippen molar-refractivity contribution >= 4 is 0 Å². The number of rotatable bonds is 0. The topological polar surface area (TPSA) is 63.0 Å². The third-order valence-electron chi connectivity index (χ3n) is 0. The fraction of sp³-hybridized carbons (Fsp3) is 1.00. The Bertz CT molecular complexity index is 17.6. The van der Waals surface area contributed by atoms with Gasteiger partial charge in [0.15, 0.2) is 0 Å². The zero-order chi connectivity index (χ0) is 0. The van der Waals surface area contributed by atoms with E-state index >= 15 is 0 Å². The Labute approximate surface area is 83.9 Å². The Balaban J connectivity index is 0. The van der Waals surface area contributed by atoms with Gasteiger partial charge >= 0.3 is 34.1 Å². The van der Waals surface area contributed by atoms with E-state index in [2.05, 4.69) is 0 Å². The van der Waals surface area contributed by atoms with Crippen LogP contribution in [0.1, 0.15) is 38.6 Å². The summed E-state index contributed by atoms with van der Waals surface area (Å²) in [5.41, 5.74) is 0. The third kappa shape index (κ3) is 472. The normalized spacial score (nSPS) is 0. The van der Waals surface area contributed by atoms with Crippen LogP contribution >= 0.6 is 0 Å². The second kappa shape index (κ2) is 617. The van der Waals surface area contributed by atoms with Gasteiger partial charge in [0.05, 0.1) is 0 Å². The molecule has 0 heterocycles. The molecule has 0 saturated carbocycles. The van der Waals surface area contributed by atoms with E-state index in [4.69, 9.17) is 0 Å². The summed E-state index contributed by atoms with van der Waals surface area (Å²) >= 11 is 0. The maximum absolute atomic E-state index is 0. The molecule has 9 heavy (non-hydrogen) atoms. The van der Waals surface area contributed by atoms with Crippen LogP contribution in [0.3, 0.4) is 0 Å². The third-order valence-corrected chi connectivity index (χ3v) is 0. The molecule has 0 aliphatic heterocycles. The second-order valence-corrected chi connectivity index (χ2v) is 0. The molecule has 0 aromatic heterocycles. The maximum Gasteiger partial charge on any atom is 3.00 e. The van der Waals surface area contributed by atoms with E-state index in [9.17, 15) is 0 Å². The van der Waals surface area contributed by atoms with Gasteiger partial charge in [0.2, 0.25) is 0 Å².